The Morgan fingerprint density at radius 1 is 1.25 bits per heavy atom. The first-order chi connectivity index (χ1) is 11.4. The predicted octanol–water partition coefficient (Wildman–Crippen LogP) is 1.57. The molecule has 0 aliphatic carbocycles. The topological polar surface area (TPSA) is 89.8 Å². The van der Waals surface area contributed by atoms with Crippen LogP contribution >= 0.6 is 0 Å². The second-order valence-corrected chi connectivity index (χ2v) is 5.80. The van der Waals surface area contributed by atoms with E-state index in [1.807, 2.05) is 26.0 Å². The Morgan fingerprint density at radius 3 is 2.54 bits per heavy atom. The molecule has 124 valence electrons. The van der Waals surface area contributed by atoms with Crippen LogP contribution in [0.3, 0.4) is 0 Å². The standard InChI is InChI=1S/C17H18N4O3/c1-4-12(14(22)11-7-5-10(2)6-8-11)21-9-18-15-13(21)16(23)19-17(24)20(15)3/h5-9,12H,4H2,1-3H3,(H,19,23,24)/t12-/m1/s1. The maximum atomic E-state index is 12.9. The van der Waals surface area contributed by atoms with Gasteiger partial charge in [0, 0.05) is 12.6 Å². The monoisotopic (exact) mass is 326 g/mol. The van der Waals surface area contributed by atoms with Gasteiger partial charge in [0.2, 0.25) is 0 Å². The van der Waals surface area contributed by atoms with E-state index in [9.17, 15) is 14.4 Å². The Morgan fingerprint density at radius 2 is 1.92 bits per heavy atom. The third-order valence-corrected chi connectivity index (χ3v) is 4.19. The minimum absolute atomic E-state index is 0.0925. The van der Waals surface area contributed by atoms with E-state index in [-0.39, 0.29) is 16.9 Å². The van der Waals surface area contributed by atoms with Crippen LogP contribution < -0.4 is 11.2 Å². The van der Waals surface area contributed by atoms with Gasteiger partial charge in [-0.25, -0.2) is 9.78 Å². The van der Waals surface area contributed by atoms with Crippen LogP contribution in [0, 0.1) is 6.92 Å². The summed E-state index contributed by atoms with van der Waals surface area (Å²) < 4.78 is 2.81. The third kappa shape index (κ3) is 2.47. The molecule has 1 N–H and O–H groups in total. The highest BCUT2D eigenvalue weighted by Gasteiger charge is 2.24. The summed E-state index contributed by atoms with van der Waals surface area (Å²) in [5.74, 6) is -0.0925. The van der Waals surface area contributed by atoms with Crippen molar-refractivity contribution in [3.8, 4) is 0 Å². The maximum Gasteiger partial charge on any atom is 0.329 e. The molecule has 2 heterocycles. The molecule has 0 amide bonds. The fourth-order valence-electron chi connectivity index (χ4n) is 2.81. The van der Waals surface area contributed by atoms with Crippen molar-refractivity contribution in [2.45, 2.75) is 26.3 Å². The van der Waals surface area contributed by atoms with E-state index < -0.39 is 17.3 Å². The summed E-state index contributed by atoms with van der Waals surface area (Å²) >= 11 is 0. The molecule has 0 aliphatic rings. The number of fused-ring (bicyclic) bond motifs is 1. The number of benzene rings is 1. The highest BCUT2D eigenvalue weighted by atomic mass is 16.2. The summed E-state index contributed by atoms with van der Waals surface area (Å²) in [5.41, 5.74) is 1.06. The maximum absolute atomic E-state index is 12.9. The third-order valence-electron chi connectivity index (χ3n) is 4.19. The number of hydrogen-bond acceptors (Lipinski definition) is 4. The molecule has 0 fully saturated rings. The Hall–Kier alpha value is -2.96. The number of carbonyl (C=O) groups excluding carboxylic acids is 1. The van der Waals surface area contributed by atoms with E-state index in [2.05, 4.69) is 9.97 Å². The first-order valence-corrected chi connectivity index (χ1v) is 7.70. The van der Waals surface area contributed by atoms with Crippen LogP contribution in [-0.4, -0.2) is 24.9 Å². The van der Waals surface area contributed by atoms with Crippen molar-refractivity contribution in [3.05, 3.63) is 62.6 Å². The highest BCUT2D eigenvalue weighted by Crippen LogP contribution is 2.21. The van der Waals surface area contributed by atoms with Gasteiger partial charge in [-0.15, -0.1) is 0 Å². The minimum Gasteiger partial charge on any atom is -0.314 e. The number of hydrogen-bond donors (Lipinski definition) is 1. The number of imidazole rings is 1. The van der Waals surface area contributed by atoms with E-state index in [0.29, 0.717) is 12.0 Å². The Bertz CT molecular complexity index is 1020. The number of nitrogens with zero attached hydrogens (tertiary/aromatic N) is 3. The molecule has 0 saturated carbocycles. The van der Waals surface area contributed by atoms with Crippen molar-refractivity contribution < 1.29 is 4.79 Å². The Kier molecular flexibility index (Phi) is 3.92. The van der Waals surface area contributed by atoms with Gasteiger partial charge in [-0.05, 0) is 13.3 Å². The molecule has 0 spiro atoms. The smallest absolute Gasteiger partial charge is 0.314 e. The molecule has 0 aliphatic heterocycles. The van der Waals surface area contributed by atoms with E-state index in [4.69, 9.17) is 0 Å². The van der Waals surface area contributed by atoms with Crippen LogP contribution in [0.2, 0.25) is 0 Å². The molecule has 1 atom stereocenters. The molecule has 2 aromatic heterocycles. The van der Waals surface area contributed by atoms with E-state index >= 15 is 0 Å². The van der Waals surface area contributed by atoms with Gasteiger partial charge in [-0.3, -0.25) is 19.1 Å². The van der Waals surface area contributed by atoms with E-state index in [1.54, 1.807) is 16.7 Å². The highest BCUT2D eigenvalue weighted by molar-refractivity contribution is 5.99. The zero-order chi connectivity index (χ0) is 17.4. The molecule has 0 unspecified atom stereocenters. The normalized spacial score (nSPS) is 12.5. The largest absolute Gasteiger partial charge is 0.329 e. The number of ketones is 1. The fraction of sp³-hybridized carbons (Fsp3) is 0.294. The molecular formula is C17H18N4O3. The number of aryl methyl sites for hydroxylation is 2. The average Bonchev–Trinajstić information content (AvgIpc) is 2.99. The Balaban J connectivity index is 2.15. The van der Waals surface area contributed by atoms with Crippen LogP contribution in [0.1, 0.15) is 35.3 Å². The van der Waals surface area contributed by atoms with Crippen molar-refractivity contribution in [3.63, 3.8) is 0 Å². The van der Waals surface area contributed by atoms with Crippen molar-refractivity contribution in [1.29, 1.82) is 0 Å². The number of nitrogens with one attached hydrogen (secondary N) is 1. The molecule has 0 saturated heterocycles. The lowest BCUT2D eigenvalue weighted by molar-refractivity contribution is 0.0924. The molecular weight excluding hydrogens is 308 g/mol. The van der Waals surface area contributed by atoms with Gasteiger partial charge in [0.15, 0.2) is 16.9 Å². The van der Waals surface area contributed by atoms with Crippen LogP contribution in [0.5, 0.6) is 0 Å². The van der Waals surface area contributed by atoms with E-state index in [1.165, 1.54) is 17.9 Å². The van der Waals surface area contributed by atoms with Crippen molar-refractivity contribution in [1.82, 2.24) is 19.1 Å². The second-order valence-electron chi connectivity index (χ2n) is 5.80. The summed E-state index contributed by atoms with van der Waals surface area (Å²) in [5, 5.41) is 0. The van der Waals surface area contributed by atoms with Gasteiger partial charge >= 0.3 is 5.69 Å². The number of Topliss-reactive ketones (excluding diaryl/α,β-unsaturated/α-hetero) is 1. The lowest BCUT2D eigenvalue weighted by Gasteiger charge is -2.16. The van der Waals surface area contributed by atoms with Crippen molar-refractivity contribution in [2.24, 2.45) is 7.05 Å². The van der Waals surface area contributed by atoms with Gasteiger partial charge < -0.3 is 4.57 Å². The average molecular weight is 326 g/mol. The minimum atomic E-state index is -0.559. The number of rotatable bonds is 4. The fourth-order valence-corrected chi connectivity index (χ4v) is 2.81. The number of aromatic amines is 1. The van der Waals surface area contributed by atoms with Gasteiger partial charge in [-0.2, -0.15) is 0 Å². The quantitative estimate of drug-likeness (QED) is 0.737. The van der Waals surface area contributed by atoms with E-state index in [0.717, 1.165) is 5.56 Å². The summed E-state index contributed by atoms with van der Waals surface area (Å²) in [4.78, 5) is 43.2. The van der Waals surface area contributed by atoms with Crippen LogP contribution in [0.15, 0.2) is 40.2 Å². The van der Waals surface area contributed by atoms with Crippen molar-refractivity contribution in [2.75, 3.05) is 0 Å². The molecule has 3 aromatic rings. The summed E-state index contributed by atoms with van der Waals surface area (Å²) in [6.07, 6.45) is 1.94. The molecule has 7 nitrogen and oxygen atoms in total. The molecule has 3 rings (SSSR count). The summed E-state index contributed by atoms with van der Waals surface area (Å²) in [6, 6.07) is 6.75. The Labute approximate surface area is 137 Å². The SMILES string of the molecule is CC[C@H](C(=O)c1ccc(C)cc1)n1cnc2c1c(=O)[nH]c(=O)n2C. The molecule has 0 bridgehead atoms. The van der Waals surface area contributed by atoms with Gasteiger partial charge in [0.25, 0.3) is 5.56 Å². The molecule has 7 heteroatoms. The summed E-state index contributed by atoms with van der Waals surface area (Å²) in [7, 11) is 1.53. The number of carbonyl (C=O) groups is 1. The second kappa shape index (κ2) is 5.92. The first kappa shape index (κ1) is 15.9. The predicted molar refractivity (Wildman–Crippen MR) is 90.4 cm³/mol. The van der Waals surface area contributed by atoms with Crippen molar-refractivity contribution >= 4 is 16.9 Å². The van der Waals surface area contributed by atoms with Gasteiger partial charge in [-0.1, -0.05) is 36.8 Å². The lowest BCUT2D eigenvalue weighted by atomic mass is 10.0. The number of aromatic nitrogens is 4. The molecule has 24 heavy (non-hydrogen) atoms. The summed E-state index contributed by atoms with van der Waals surface area (Å²) in [6.45, 7) is 3.83. The lowest BCUT2D eigenvalue weighted by Crippen LogP contribution is -2.30. The van der Waals surface area contributed by atoms with Crippen LogP contribution in [0.25, 0.3) is 11.2 Å². The zero-order valence-corrected chi connectivity index (χ0v) is 13.7. The number of H-pyrrole nitrogens is 1. The van der Waals surface area contributed by atoms with Gasteiger partial charge in [0.1, 0.15) is 0 Å². The van der Waals surface area contributed by atoms with Gasteiger partial charge in [0.05, 0.1) is 12.4 Å². The first-order valence-electron chi connectivity index (χ1n) is 7.70. The van der Waals surface area contributed by atoms with Crippen LogP contribution in [-0.2, 0) is 7.05 Å². The molecule has 1 aromatic carbocycles. The zero-order valence-electron chi connectivity index (χ0n) is 13.7. The van der Waals surface area contributed by atoms with Crippen LogP contribution in [0.4, 0.5) is 0 Å². The molecule has 0 radical (unpaired) electrons.